The van der Waals surface area contributed by atoms with Crippen molar-refractivity contribution in [1.29, 1.82) is 0 Å². The van der Waals surface area contributed by atoms with Gasteiger partial charge in [-0.2, -0.15) is 0 Å². The van der Waals surface area contributed by atoms with Gasteiger partial charge in [-0.25, -0.2) is 0 Å². The second-order valence-corrected chi connectivity index (χ2v) is 8.28. The van der Waals surface area contributed by atoms with Gasteiger partial charge in [0.25, 0.3) is 11.8 Å². The zero-order valence-corrected chi connectivity index (χ0v) is 19.8. The summed E-state index contributed by atoms with van der Waals surface area (Å²) in [6.45, 7) is 7.85. The van der Waals surface area contributed by atoms with E-state index in [2.05, 4.69) is 17.6 Å². The fourth-order valence-corrected chi connectivity index (χ4v) is 3.40. The van der Waals surface area contributed by atoms with E-state index in [0.717, 1.165) is 41.8 Å². The third-order valence-corrected chi connectivity index (χ3v) is 5.69. The van der Waals surface area contributed by atoms with Gasteiger partial charge in [-0.1, -0.05) is 37.6 Å². The van der Waals surface area contributed by atoms with Crippen molar-refractivity contribution >= 4 is 23.2 Å². The Hall–Kier alpha value is -3.60. The number of hydrogen-bond acceptors (Lipinski definition) is 3. The number of ether oxygens (including phenoxy) is 1. The Morgan fingerprint density at radius 1 is 0.909 bits per heavy atom. The number of rotatable bonds is 9. The topological polar surface area (TPSA) is 67.4 Å². The third kappa shape index (κ3) is 6.69. The summed E-state index contributed by atoms with van der Waals surface area (Å²) >= 11 is 0. The maximum atomic E-state index is 12.6. The number of nitrogens with one attached hydrogen (secondary N) is 2. The molecule has 5 heteroatoms. The van der Waals surface area contributed by atoms with Crippen LogP contribution in [0, 0.1) is 13.8 Å². The van der Waals surface area contributed by atoms with E-state index in [9.17, 15) is 9.59 Å². The van der Waals surface area contributed by atoms with E-state index >= 15 is 0 Å². The molecule has 0 radical (unpaired) electrons. The summed E-state index contributed by atoms with van der Waals surface area (Å²) in [5, 5.41) is 5.83. The lowest BCUT2D eigenvalue weighted by molar-refractivity contribution is -0.122. The molecule has 0 aliphatic carbocycles. The van der Waals surface area contributed by atoms with Crippen LogP contribution in [-0.4, -0.2) is 17.9 Å². The molecule has 2 amide bonds. The minimum absolute atomic E-state index is 0.191. The number of carbonyl (C=O) groups is 2. The highest BCUT2D eigenvalue weighted by Gasteiger charge is 2.16. The molecule has 5 nitrogen and oxygen atoms in total. The lowest BCUT2D eigenvalue weighted by Crippen LogP contribution is -2.30. The summed E-state index contributed by atoms with van der Waals surface area (Å²) < 4.78 is 5.77. The lowest BCUT2D eigenvalue weighted by Gasteiger charge is -2.16. The van der Waals surface area contributed by atoms with Gasteiger partial charge in [-0.05, 0) is 92.8 Å². The second-order valence-electron chi connectivity index (χ2n) is 8.28. The van der Waals surface area contributed by atoms with E-state index in [1.165, 1.54) is 5.56 Å². The highest BCUT2D eigenvalue weighted by molar-refractivity contribution is 6.04. The first kappa shape index (κ1) is 24.1. The maximum Gasteiger partial charge on any atom is 0.265 e. The molecule has 0 heterocycles. The van der Waals surface area contributed by atoms with Crippen LogP contribution >= 0.6 is 0 Å². The van der Waals surface area contributed by atoms with Gasteiger partial charge < -0.3 is 15.4 Å². The van der Waals surface area contributed by atoms with Crippen molar-refractivity contribution < 1.29 is 14.3 Å². The molecule has 0 fully saturated rings. The van der Waals surface area contributed by atoms with Crippen molar-refractivity contribution in [3.63, 3.8) is 0 Å². The molecule has 0 spiro atoms. The van der Waals surface area contributed by atoms with Gasteiger partial charge in [0, 0.05) is 16.9 Å². The Morgan fingerprint density at radius 3 is 2.27 bits per heavy atom. The Bertz CT molecular complexity index is 1090. The molecule has 0 aliphatic rings. The number of benzene rings is 3. The number of amides is 2. The highest BCUT2D eigenvalue weighted by atomic mass is 16.5. The van der Waals surface area contributed by atoms with Crippen LogP contribution in [0.2, 0.25) is 0 Å². The first-order chi connectivity index (χ1) is 15.9. The standard InChI is InChI=1S/C28H32N2O3/c1-5-6-9-22-11-15-24(16-12-22)29-28(32)23-13-17-25(18-14-23)33-21(4)27(31)30-26-10-7-8-19(2)20(26)3/h7-8,10-18,21H,5-6,9H2,1-4H3,(H,29,32)(H,30,31). The van der Waals surface area contributed by atoms with Crippen LogP contribution in [0.25, 0.3) is 0 Å². The van der Waals surface area contributed by atoms with E-state index in [1.807, 2.05) is 56.3 Å². The molecule has 172 valence electrons. The molecule has 3 aromatic carbocycles. The van der Waals surface area contributed by atoms with E-state index in [4.69, 9.17) is 4.74 Å². The minimum Gasteiger partial charge on any atom is -0.481 e. The summed E-state index contributed by atoms with van der Waals surface area (Å²) in [5.74, 6) is 0.104. The quantitative estimate of drug-likeness (QED) is 0.407. The summed E-state index contributed by atoms with van der Waals surface area (Å²) in [6.07, 6.45) is 2.68. The Labute approximate surface area is 196 Å². The van der Waals surface area contributed by atoms with Crippen molar-refractivity contribution in [1.82, 2.24) is 0 Å². The van der Waals surface area contributed by atoms with Gasteiger partial charge in [0.1, 0.15) is 5.75 Å². The summed E-state index contributed by atoms with van der Waals surface area (Å²) in [5.41, 5.74) is 5.47. The van der Waals surface area contributed by atoms with Gasteiger partial charge in [0.2, 0.25) is 0 Å². The normalized spacial score (nSPS) is 11.5. The molecule has 0 aliphatic heterocycles. The molecule has 0 aromatic heterocycles. The van der Waals surface area contributed by atoms with Crippen LogP contribution in [-0.2, 0) is 11.2 Å². The molecule has 2 N–H and O–H groups in total. The van der Waals surface area contributed by atoms with Crippen LogP contribution in [0.15, 0.2) is 66.7 Å². The number of hydrogen-bond donors (Lipinski definition) is 2. The van der Waals surface area contributed by atoms with Gasteiger partial charge >= 0.3 is 0 Å². The van der Waals surface area contributed by atoms with Crippen molar-refractivity contribution in [2.75, 3.05) is 10.6 Å². The summed E-state index contributed by atoms with van der Waals surface area (Å²) in [4.78, 5) is 25.1. The van der Waals surface area contributed by atoms with E-state index in [1.54, 1.807) is 31.2 Å². The van der Waals surface area contributed by atoms with Crippen LogP contribution < -0.4 is 15.4 Å². The molecular weight excluding hydrogens is 412 g/mol. The first-order valence-electron chi connectivity index (χ1n) is 11.4. The highest BCUT2D eigenvalue weighted by Crippen LogP contribution is 2.20. The SMILES string of the molecule is CCCCc1ccc(NC(=O)c2ccc(OC(C)C(=O)Nc3cccc(C)c3C)cc2)cc1. The van der Waals surface area contributed by atoms with Crippen molar-refractivity contribution in [2.45, 2.75) is 53.1 Å². The number of anilines is 2. The van der Waals surface area contributed by atoms with E-state index < -0.39 is 6.10 Å². The minimum atomic E-state index is -0.684. The Morgan fingerprint density at radius 2 is 1.61 bits per heavy atom. The average molecular weight is 445 g/mol. The second kappa shape index (κ2) is 11.3. The first-order valence-corrected chi connectivity index (χ1v) is 11.4. The summed E-state index contributed by atoms with van der Waals surface area (Å²) in [6, 6.07) is 20.5. The zero-order valence-electron chi connectivity index (χ0n) is 19.8. The van der Waals surface area contributed by atoms with Crippen LogP contribution in [0.1, 0.15) is 53.7 Å². The molecule has 0 bridgehead atoms. The predicted octanol–water partition coefficient (Wildman–Crippen LogP) is 6.30. The van der Waals surface area contributed by atoms with Crippen molar-refractivity contribution in [2.24, 2.45) is 0 Å². The van der Waals surface area contributed by atoms with Crippen LogP contribution in [0.4, 0.5) is 11.4 Å². The smallest absolute Gasteiger partial charge is 0.265 e. The molecule has 0 saturated carbocycles. The van der Waals surface area contributed by atoms with Gasteiger partial charge in [-0.3, -0.25) is 9.59 Å². The number of unbranched alkanes of at least 4 members (excludes halogenated alkanes) is 1. The van der Waals surface area contributed by atoms with Crippen LogP contribution in [0.5, 0.6) is 5.75 Å². The Balaban J connectivity index is 1.55. The van der Waals surface area contributed by atoms with Gasteiger partial charge in [-0.15, -0.1) is 0 Å². The largest absolute Gasteiger partial charge is 0.481 e. The third-order valence-electron chi connectivity index (χ3n) is 5.69. The molecule has 33 heavy (non-hydrogen) atoms. The lowest BCUT2D eigenvalue weighted by atomic mass is 10.1. The molecule has 0 saturated heterocycles. The predicted molar refractivity (Wildman–Crippen MR) is 134 cm³/mol. The monoisotopic (exact) mass is 444 g/mol. The summed E-state index contributed by atoms with van der Waals surface area (Å²) in [7, 11) is 0. The Kier molecular flexibility index (Phi) is 8.25. The zero-order chi connectivity index (χ0) is 23.8. The number of aryl methyl sites for hydroxylation is 2. The maximum absolute atomic E-state index is 12.6. The molecule has 3 rings (SSSR count). The van der Waals surface area contributed by atoms with Crippen LogP contribution in [0.3, 0.4) is 0 Å². The van der Waals surface area contributed by atoms with Gasteiger partial charge in [0.15, 0.2) is 6.10 Å². The van der Waals surface area contributed by atoms with Crippen molar-refractivity contribution in [3.05, 3.63) is 89.0 Å². The average Bonchev–Trinajstić information content (AvgIpc) is 2.82. The van der Waals surface area contributed by atoms with E-state index in [-0.39, 0.29) is 11.8 Å². The fraction of sp³-hybridized carbons (Fsp3) is 0.286. The number of carbonyl (C=O) groups excluding carboxylic acids is 2. The van der Waals surface area contributed by atoms with Gasteiger partial charge in [0.05, 0.1) is 0 Å². The molecule has 1 atom stereocenters. The molecule has 1 unspecified atom stereocenters. The molecular formula is C28H32N2O3. The van der Waals surface area contributed by atoms with E-state index in [0.29, 0.717) is 11.3 Å². The molecule has 3 aromatic rings. The fourth-order valence-electron chi connectivity index (χ4n) is 3.40. The van der Waals surface area contributed by atoms with Crippen molar-refractivity contribution in [3.8, 4) is 5.75 Å².